The van der Waals surface area contributed by atoms with E-state index in [4.69, 9.17) is 5.73 Å². The number of aryl methyl sites for hydroxylation is 1. The molecule has 1 rings (SSSR count). The third-order valence-corrected chi connectivity index (χ3v) is 3.25. The van der Waals surface area contributed by atoms with Crippen molar-refractivity contribution in [1.29, 1.82) is 0 Å². The second kappa shape index (κ2) is 5.61. The molecule has 0 aromatic heterocycles. The summed E-state index contributed by atoms with van der Waals surface area (Å²) in [6.45, 7) is 4.74. The SMILES string of the molecule is CCc1cc(C(C)CCN)cc(Br)c1F. The topological polar surface area (TPSA) is 26.0 Å². The monoisotopic (exact) mass is 273 g/mol. The average molecular weight is 274 g/mol. The lowest BCUT2D eigenvalue weighted by atomic mass is 9.95. The first-order chi connectivity index (χ1) is 7.10. The minimum atomic E-state index is -0.138. The fraction of sp³-hybridized carbons (Fsp3) is 0.500. The molecule has 0 heterocycles. The summed E-state index contributed by atoms with van der Waals surface area (Å²) in [5.74, 6) is 0.249. The van der Waals surface area contributed by atoms with E-state index in [1.807, 2.05) is 19.1 Å². The summed E-state index contributed by atoms with van der Waals surface area (Å²) < 4.78 is 14.1. The van der Waals surface area contributed by atoms with Gasteiger partial charge in [0, 0.05) is 0 Å². The Hall–Kier alpha value is -0.410. The minimum Gasteiger partial charge on any atom is -0.330 e. The van der Waals surface area contributed by atoms with Gasteiger partial charge in [-0.25, -0.2) is 4.39 Å². The molecule has 0 radical (unpaired) electrons. The van der Waals surface area contributed by atoms with Crippen LogP contribution in [0.2, 0.25) is 0 Å². The summed E-state index contributed by atoms with van der Waals surface area (Å²) in [7, 11) is 0. The van der Waals surface area contributed by atoms with Crippen LogP contribution >= 0.6 is 15.9 Å². The van der Waals surface area contributed by atoms with Gasteiger partial charge < -0.3 is 5.73 Å². The average Bonchev–Trinajstić information content (AvgIpc) is 2.22. The number of benzene rings is 1. The predicted molar refractivity (Wildman–Crippen MR) is 65.6 cm³/mol. The largest absolute Gasteiger partial charge is 0.330 e. The molecule has 0 fully saturated rings. The maximum atomic E-state index is 13.6. The fourth-order valence-electron chi connectivity index (χ4n) is 1.63. The first-order valence-electron chi connectivity index (χ1n) is 5.28. The van der Waals surface area contributed by atoms with Crippen molar-refractivity contribution in [2.75, 3.05) is 6.54 Å². The van der Waals surface area contributed by atoms with Crippen LogP contribution in [-0.2, 0) is 6.42 Å². The Labute approximate surface area is 99.0 Å². The van der Waals surface area contributed by atoms with Crippen molar-refractivity contribution in [3.63, 3.8) is 0 Å². The van der Waals surface area contributed by atoms with Crippen LogP contribution < -0.4 is 5.73 Å². The zero-order chi connectivity index (χ0) is 11.4. The minimum absolute atomic E-state index is 0.138. The molecule has 3 heteroatoms. The Morgan fingerprint density at radius 3 is 2.67 bits per heavy atom. The van der Waals surface area contributed by atoms with Gasteiger partial charge in [-0.15, -0.1) is 0 Å². The van der Waals surface area contributed by atoms with Crippen LogP contribution in [0.25, 0.3) is 0 Å². The molecule has 0 aliphatic heterocycles. The molecule has 0 bridgehead atoms. The van der Waals surface area contributed by atoms with E-state index in [-0.39, 0.29) is 5.82 Å². The molecule has 0 spiro atoms. The standard InChI is InChI=1S/C12H17BrFN/c1-3-9-6-10(8(2)4-5-15)7-11(13)12(9)14/h6-8H,3-5,15H2,1-2H3. The van der Waals surface area contributed by atoms with Crippen LogP contribution in [0.4, 0.5) is 4.39 Å². The van der Waals surface area contributed by atoms with Gasteiger partial charge in [-0.1, -0.05) is 19.9 Å². The molecule has 2 N–H and O–H groups in total. The lowest BCUT2D eigenvalue weighted by Crippen LogP contribution is -2.05. The van der Waals surface area contributed by atoms with Gasteiger partial charge in [-0.05, 0) is 58.4 Å². The first kappa shape index (κ1) is 12.7. The van der Waals surface area contributed by atoms with Gasteiger partial charge in [0.05, 0.1) is 4.47 Å². The Morgan fingerprint density at radius 2 is 2.13 bits per heavy atom. The van der Waals surface area contributed by atoms with Crippen LogP contribution in [0.1, 0.15) is 37.3 Å². The highest BCUT2D eigenvalue weighted by molar-refractivity contribution is 9.10. The Bertz CT molecular complexity index is 339. The summed E-state index contributed by atoms with van der Waals surface area (Å²) in [5.41, 5.74) is 7.44. The van der Waals surface area contributed by atoms with Gasteiger partial charge in [-0.2, -0.15) is 0 Å². The molecule has 0 saturated heterocycles. The third-order valence-electron chi connectivity index (χ3n) is 2.68. The van der Waals surface area contributed by atoms with Gasteiger partial charge in [0.2, 0.25) is 0 Å². The molecule has 1 nitrogen and oxygen atoms in total. The van der Waals surface area contributed by atoms with Crippen molar-refractivity contribution < 1.29 is 4.39 Å². The zero-order valence-electron chi connectivity index (χ0n) is 9.19. The Balaban J connectivity index is 3.05. The molecule has 84 valence electrons. The first-order valence-corrected chi connectivity index (χ1v) is 6.07. The van der Waals surface area contributed by atoms with E-state index in [0.717, 1.165) is 17.5 Å². The van der Waals surface area contributed by atoms with E-state index < -0.39 is 0 Å². The Kier molecular flexibility index (Phi) is 4.74. The van der Waals surface area contributed by atoms with Crippen molar-refractivity contribution in [2.24, 2.45) is 5.73 Å². The smallest absolute Gasteiger partial charge is 0.140 e. The van der Waals surface area contributed by atoms with E-state index in [1.165, 1.54) is 0 Å². The predicted octanol–water partition coefficient (Wildman–Crippen LogP) is 3.60. The van der Waals surface area contributed by atoms with Crippen LogP contribution in [0.15, 0.2) is 16.6 Å². The third kappa shape index (κ3) is 3.02. The second-order valence-electron chi connectivity index (χ2n) is 3.81. The van der Waals surface area contributed by atoms with E-state index in [9.17, 15) is 4.39 Å². The van der Waals surface area contributed by atoms with Crippen LogP contribution in [0.3, 0.4) is 0 Å². The van der Waals surface area contributed by atoms with Gasteiger partial charge in [-0.3, -0.25) is 0 Å². The summed E-state index contributed by atoms with van der Waals surface area (Å²) in [5, 5.41) is 0. The highest BCUT2D eigenvalue weighted by Gasteiger charge is 2.11. The number of nitrogens with two attached hydrogens (primary N) is 1. The van der Waals surface area contributed by atoms with Crippen LogP contribution in [-0.4, -0.2) is 6.54 Å². The highest BCUT2D eigenvalue weighted by atomic mass is 79.9. The van der Waals surface area contributed by atoms with Crippen molar-refractivity contribution in [3.8, 4) is 0 Å². The van der Waals surface area contributed by atoms with E-state index in [1.54, 1.807) is 0 Å². The molecular formula is C12H17BrFN. The lowest BCUT2D eigenvalue weighted by molar-refractivity contribution is 0.601. The van der Waals surface area contributed by atoms with E-state index >= 15 is 0 Å². The number of hydrogen-bond acceptors (Lipinski definition) is 1. The molecular weight excluding hydrogens is 257 g/mol. The van der Waals surface area contributed by atoms with Gasteiger partial charge >= 0.3 is 0 Å². The lowest BCUT2D eigenvalue weighted by Gasteiger charge is -2.13. The van der Waals surface area contributed by atoms with Gasteiger partial charge in [0.25, 0.3) is 0 Å². The van der Waals surface area contributed by atoms with Crippen molar-refractivity contribution in [2.45, 2.75) is 32.6 Å². The van der Waals surface area contributed by atoms with E-state index in [2.05, 4.69) is 22.9 Å². The molecule has 1 aromatic carbocycles. The summed E-state index contributed by atoms with van der Waals surface area (Å²) in [6, 6.07) is 3.80. The number of hydrogen-bond donors (Lipinski definition) is 1. The number of halogens is 2. The molecule has 0 saturated carbocycles. The molecule has 1 unspecified atom stereocenters. The van der Waals surface area contributed by atoms with Crippen molar-refractivity contribution >= 4 is 15.9 Å². The summed E-state index contributed by atoms with van der Waals surface area (Å²) >= 11 is 3.25. The summed E-state index contributed by atoms with van der Waals surface area (Å²) in [6.07, 6.45) is 1.65. The molecule has 0 amide bonds. The quantitative estimate of drug-likeness (QED) is 0.891. The van der Waals surface area contributed by atoms with E-state index in [0.29, 0.717) is 23.4 Å². The zero-order valence-corrected chi connectivity index (χ0v) is 10.8. The molecule has 1 atom stereocenters. The fourth-order valence-corrected chi connectivity index (χ4v) is 2.15. The van der Waals surface area contributed by atoms with Crippen molar-refractivity contribution in [1.82, 2.24) is 0 Å². The summed E-state index contributed by atoms with van der Waals surface area (Å²) in [4.78, 5) is 0. The molecule has 0 aliphatic carbocycles. The normalized spacial score (nSPS) is 12.9. The van der Waals surface area contributed by atoms with Crippen LogP contribution in [0, 0.1) is 5.82 Å². The van der Waals surface area contributed by atoms with Crippen LogP contribution in [0.5, 0.6) is 0 Å². The van der Waals surface area contributed by atoms with Crippen molar-refractivity contribution in [3.05, 3.63) is 33.5 Å². The molecule has 0 aliphatic rings. The van der Waals surface area contributed by atoms with Gasteiger partial charge in [0.15, 0.2) is 0 Å². The second-order valence-corrected chi connectivity index (χ2v) is 4.66. The molecule has 15 heavy (non-hydrogen) atoms. The Morgan fingerprint density at radius 1 is 1.47 bits per heavy atom. The maximum Gasteiger partial charge on any atom is 0.140 e. The molecule has 1 aromatic rings. The number of rotatable bonds is 4. The highest BCUT2D eigenvalue weighted by Crippen LogP contribution is 2.27. The maximum absolute atomic E-state index is 13.6. The van der Waals surface area contributed by atoms with Gasteiger partial charge in [0.1, 0.15) is 5.82 Å².